The highest BCUT2D eigenvalue weighted by molar-refractivity contribution is 5.98. The van der Waals surface area contributed by atoms with Crippen LogP contribution in [0.1, 0.15) is 32.8 Å². The van der Waals surface area contributed by atoms with Crippen molar-refractivity contribution in [3.05, 3.63) is 76.3 Å². The number of carbonyl (C=O) groups is 2. The summed E-state index contributed by atoms with van der Waals surface area (Å²) in [6, 6.07) is 15.1. The number of amides is 1. The van der Waals surface area contributed by atoms with Crippen molar-refractivity contribution in [2.24, 2.45) is 11.7 Å². The van der Waals surface area contributed by atoms with E-state index in [-0.39, 0.29) is 19.6 Å². The molecule has 4 N–H and O–H groups in total. The highest BCUT2D eigenvalue weighted by atomic mass is 16.5. The first kappa shape index (κ1) is 24.1. The van der Waals surface area contributed by atoms with Crippen LogP contribution in [0.25, 0.3) is 11.6 Å². The van der Waals surface area contributed by atoms with Gasteiger partial charge in [0.1, 0.15) is 17.8 Å². The Balaban J connectivity index is 1.94. The summed E-state index contributed by atoms with van der Waals surface area (Å²) in [7, 11) is 0. The van der Waals surface area contributed by atoms with Gasteiger partial charge in [0.05, 0.1) is 12.5 Å². The summed E-state index contributed by atoms with van der Waals surface area (Å²) in [6.45, 7) is 5.96. The molecule has 0 heterocycles. The fourth-order valence-corrected chi connectivity index (χ4v) is 4.12. The van der Waals surface area contributed by atoms with E-state index in [9.17, 15) is 9.59 Å². The second kappa shape index (κ2) is 10.4. The van der Waals surface area contributed by atoms with Gasteiger partial charge in [-0.1, -0.05) is 42.5 Å². The van der Waals surface area contributed by atoms with Gasteiger partial charge in [0, 0.05) is 5.70 Å². The highest BCUT2D eigenvalue weighted by Crippen LogP contribution is 2.55. The molecule has 0 saturated heterocycles. The van der Waals surface area contributed by atoms with Crippen LogP contribution in [0, 0.1) is 5.92 Å². The number of rotatable bonds is 8. The lowest BCUT2D eigenvalue weighted by molar-refractivity contribution is -0.148. The lowest BCUT2D eigenvalue weighted by Gasteiger charge is -2.17. The Morgan fingerprint density at radius 2 is 2.00 bits per heavy atom. The van der Waals surface area contributed by atoms with E-state index in [1.165, 1.54) is 0 Å². The SMILES string of the molecule is C/C=c1/cccc/c1=C(/C=C(/C)N)COc1cccc([C@@]2(C(=O)OCC)C[C@H]2C(=O)NO)c1. The van der Waals surface area contributed by atoms with E-state index in [0.717, 1.165) is 16.0 Å². The van der Waals surface area contributed by atoms with Crippen LogP contribution in [-0.2, 0) is 19.7 Å². The van der Waals surface area contributed by atoms with Crippen LogP contribution in [0.4, 0.5) is 0 Å². The molecule has 0 spiro atoms. The van der Waals surface area contributed by atoms with Gasteiger partial charge in [-0.2, -0.15) is 0 Å². The van der Waals surface area contributed by atoms with Crippen LogP contribution >= 0.6 is 0 Å². The van der Waals surface area contributed by atoms with Crippen LogP contribution in [0.2, 0.25) is 0 Å². The number of hydroxylamine groups is 1. The van der Waals surface area contributed by atoms with Crippen molar-refractivity contribution in [1.29, 1.82) is 0 Å². The minimum Gasteiger partial charge on any atom is -0.489 e. The molecule has 0 aromatic heterocycles. The number of nitrogens with two attached hydrogens (primary N) is 1. The molecule has 1 saturated carbocycles. The van der Waals surface area contributed by atoms with Gasteiger partial charge in [-0.15, -0.1) is 0 Å². The number of nitrogens with one attached hydrogen (secondary N) is 1. The first-order valence-corrected chi connectivity index (χ1v) is 10.9. The number of hydrogen-bond acceptors (Lipinski definition) is 6. The van der Waals surface area contributed by atoms with Crippen molar-refractivity contribution < 1.29 is 24.3 Å². The van der Waals surface area contributed by atoms with Crippen LogP contribution in [-0.4, -0.2) is 30.3 Å². The standard InChI is InChI=1S/C26H30N2O5/c1-4-18-9-6-7-12-22(18)19(13-17(3)27)16-33-21-11-8-10-20(14-21)26(25(30)32-5-2)15-23(26)24(29)28-31/h4,6-14,23,31H,5,15-16,27H2,1-3H3,(H,28,29)/b17-13-,18-4-,22-19+/t23-,26-/m0/s1. The Hall–Kier alpha value is -3.58. The van der Waals surface area contributed by atoms with E-state index < -0.39 is 23.2 Å². The summed E-state index contributed by atoms with van der Waals surface area (Å²) < 4.78 is 11.3. The van der Waals surface area contributed by atoms with Gasteiger partial charge < -0.3 is 15.2 Å². The average molecular weight is 451 g/mol. The molecule has 7 nitrogen and oxygen atoms in total. The van der Waals surface area contributed by atoms with Crippen LogP contribution in [0.15, 0.2) is 60.3 Å². The molecule has 2 aromatic carbocycles. The average Bonchev–Trinajstić information content (AvgIpc) is 3.58. The van der Waals surface area contributed by atoms with Crippen molar-refractivity contribution in [2.45, 2.75) is 32.6 Å². The lowest BCUT2D eigenvalue weighted by Crippen LogP contribution is -2.32. The normalized spacial score (nSPS) is 21.3. The van der Waals surface area contributed by atoms with Crippen molar-refractivity contribution in [3.8, 4) is 5.75 Å². The zero-order chi connectivity index (χ0) is 24.0. The maximum Gasteiger partial charge on any atom is 0.317 e. The summed E-state index contributed by atoms with van der Waals surface area (Å²) in [5.74, 6) is -1.25. The molecule has 174 valence electrons. The van der Waals surface area contributed by atoms with E-state index in [1.54, 1.807) is 36.7 Å². The fraction of sp³-hybridized carbons (Fsp3) is 0.308. The van der Waals surface area contributed by atoms with Gasteiger partial charge in [0.15, 0.2) is 0 Å². The fourth-order valence-electron chi connectivity index (χ4n) is 4.12. The molecular weight excluding hydrogens is 420 g/mol. The lowest BCUT2D eigenvalue weighted by atomic mass is 9.92. The molecule has 0 aliphatic heterocycles. The molecule has 1 amide bonds. The first-order valence-electron chi connectivity index (χ1n) is 10.9. The Kier molecular flexibility index (Phi) is 7.55. The molecule has 2 atom stereocenters. The minimum atomic E-state index is -1.13. The van der Waals surface area contributed by atoms with Crippen LogP contribution in [0.5, 0.6) is 5.75 Å². The van der Waals surface area contributed by atoms with E-state index >= 15 is 0 Å². The van der Waals surface area contributed by atoms with E-state index in [1.807, 2.05) is 50.3 Å². The molecule has 33 heavy (non-hydrogen) atoms. The number of esters is 1. The molecule has 1 aliphatic carbocycles. The number of carbonyl (C=O) groups excluding carboxylic acids is 2. The summed E-state index contributed by atoms with van der Waals surface area (Å²) in [5, 5.41) is 11.1. The Labute approximate surface area is 193 Å². The smallest absolute Gasteiger partial charge is 0.317 e. The third-order valence-corrected chi connectivity index (χ3v) is 5.79. The summed E-state index contributed by atoms with van der Waals surface area (Å²) in [4.78, 5) is 24.8. The van der Waals surface area contributed by atoms with Crippen molar-refractivity contribution >= 4 is 23.5 Å². The largest absolute Gasteiger partial charge is 0.489 e. The third-order valence-electron chi connectivity index (χ3n) is 5.79. The predicted octanol–water partition coefficient (Wildman–Crippen LogP) is 1.91. The molecule has 3 rings (SSSR count). The van der Waals surface area contributed by atoms with Gasteiger partial charge in [-0.3, -0.25) is 14.8 Å². The second-order valence-electron chi connectivity index (χ2n) is 8.03. The molecule has 0 radical (unpaired) electrons. The molecule has 1 aliphatic rings. The summed E-state index contributed by atoms with van der Waals surface area (Å²) in [6.07, 6.45) is 4.17. The van der Waals surface area contributed by atoms with Gasteiger partial charge in [0.25, 0.3) is 0 Å². The van der Waals surface area contributed by atoms with Gasteiger partial charge >= 0.3 is 5.97 Å². The second-order valence-corrected chi connectivity index (χ2v) is 8.03. The zero-order valence-corrected chi connectivity index (χ0v) is 19.1. The molecule has 2 aromatic rings. The minimum absolute atomic E-state index is 0.196. The topological polar surface area (TPSA) is 111 Å². The van der Waals surface area contributed by atoms with Crippen molar-refractivity contribution in [1.82, 2.24) is 5.48 Å². The molecule has 0 bridgehead atoms. The third kappa shape index (κ3) is 5.09. The van der Waals surface area contributed by atoms with Crippen LogP contribution in [0.3, 0.4) is 0 Å². The molecule has 1 fully saturated rings. The first-order chi connectivity index (χ1) is 15.9. The number of ether oxygens (including phenoxy) is 2. The molecular formula is C26H30N2O5. The highest BCUT2D eigenvalue weighted by Gasteiger charge is 2.66. The predicted molar refractivity (Wildman–Crippen MR) is 125 cm³/mol. The molecule has 7 heteroatoms. The summed E-state index contributed by atoms with van der Waals surface area (Å²) in [5.41, 5.74) is 8.66. The summed E-state index contributed by atoms with van der Waals surface area (Å²) >= 11 is 0. The maximum atomic E-state index is 12.8. The zero-order valence-electron chi connectivity index (χ0n) is 19.1. The van der Waals surface area contributed by atoms with Gasteiger partial charge in [0.2, 0.25) is 5.91 Å². The number of hydrogen-bond donors (Lipinski definition) is 3. The van der Waals surface area contributed by atoms with E-state index in [4.69, 9.17) is 20.4 Å². The van der Waals surface area contributed by atoms with Crippen molar-refractivity contribution in [3.63, 3.8) is 0 Å². The Morgan fingerprint density at radius 1 is 1.24 bits per heavy atom. The number of benzene rings is 2. The van der Waals surface area contributed by atoms with Gasteiger partial charge in [-0.05, 0) is 67.0 Å². The Bertz CT molecular complexity index is 1180. The molecule has 0 unspecified atom stereocenters. The van der Waals surface area contributed by atoms with Crippen LogP contribution < -0.4 is 26.4 Å². The van der Waals surface area contributed by atoms with Crippen molar-refractivity contribution in [2.75, 3.05) is 13.2 Å². The Morgan fingerprint density at radius 3 is 2.67 bits per heavy atom. The van der Waals surface area contributed by atoms with E-state index in [2.05, 4.69) is 0 Å². The monoisotopic (exact) mass is 450 g/mol. The quantitative estimate of drug-likeness (QED) is 0.322. The number of allylic oxidation sites excluding steroid dienone is 1. The van der Waals surface area contributed by atoms with E-state index in [0.29, 0.717) is 17.0 Å². The van der Waals surface area contributed by atoms with Gasteiger partial charge in [-0.25, -0.2) is 5.48 Å². The maximum absolute atomic E-state index is 12.8.